The van der Waals surface area contributed by atoms with E-state index in [0.29, 0.717) is 37.7 Å². The Morgan fingerprint density at radius 2 is 1.87 bits per heavy atom. The number of nitrogens with zero attached hydrogens (tertiary/aromatic N) is 2. The van der Waals surface area contributed by atoms with Gasteiger partial charge in [0.2, 0.25) is 0 Å². The van der Waals surface area contributed by atoms with Gasteiger partial charge in [0.05, 0.1) is 28.2 Å². The smallest absolute Gasteiger partial charge is 0.280 e. The summed E-state index contributed by atoms with van der Waals surface area (Å²) >= 11 is 6.54. The molecule has 0 N–H and O–H groups in total. The first kappa shape index (κ1) is 19.9. The molecule has 0 unspecified atom stereocenters. The Balaban J connectivity index is 1.61. The fraction of sp³-hybridized carbons (Fsp3) is 0.0476. The van der Waals surface area contributed by atoms with Crippen molar-refractivity contribution in [2.24, 2.45) is 0 Å². The molecule has 0 aliphatic carbocycles. The average Bonchev–Trinajstić information content (AvgIpc) is 3.32. The zero-order chi connectivity index (χ0) is 21.3. The van der Waals surface area contributed by atoms with E-state index < -0.39 is 4.92 Å². The maximum absolute atomic E-state index is 12.9. The van der Waals surface area contributed by atoms with Crippen LogP contribution in [0.25, 0.3) is 17.4 Å². The molecule has 0 spiro atoms. The number of benzene rings is 2. The number of carbonyl (C=O) groups is 1. The van der Waals surface area contributed by atoms with Crippen molar-refractivity contribution >= 4 is 51.7 Å². The van der Waals surface area contributed by atoms with Crippen LogP contribution in [0.1, 0.15) is 5.76 Å². The Kier molecular flexibility index (Phi) is 5.39. The third-order valence-electron chi connectivity index (χ3n) is 4.39. The normalized spacial score (nSPS) is 15.1. The lowest BCUT2D eigenvalue weighted by atomic mass is 10.1. The number of thioether (sulfide) groups is 1. The highest BCUT2D eigenvalue weighted by atomic mass is 32.2. The maximum Gasteiger partial charge on any atom is 0.280 e. The number of methoxy groups -OCH3 is 1. The standard InChI is InChI=1S/C21H14N2O5S2/c1-27-14-8-6-13(7-9-14)22-20(24)19(30-21(22)29)12-15-10-11-18(28-15)16-4-2-3-5-17(16)23(25)26/h2-12H,1H3/b19-12-. The zero-order valence-corrected chi connectivity index (χ0v) is 17.2. The van der Waals surface area contributed by atoms with Gasteiger partial charge in [-0.3, -0.25) is 19.8 Å². The predicted molar refractivity (Wildman–Crippen MR) is 119 cm³/mol. The summed E-state index contributed by atoms with van der Waals surface area (Å²) in [5, 5.41) is 11.2. The fourth-order valence-electron chi connectivity index (χ4n) is 2.97. The Bertz CT molecular complexity index is 1180. The summed E-state index contributed by atoms with van der Waals surface area (Å²) in [6, 6.07) is 16.6. The molecule has 1 amide bonds. The molecule has 0 atom stereocenters. The van der Waals surface area contributed by atoms with Gasteiger partial charge in [0.15, 0.2) is 4.32 Å². The summed E-state index contributed by atoms with van der Waals surface area (Å²) in [5.74, 6) is 1.16. The third-order valence-corrected chi connectivity index (χ3v) is 5.69. The zero-order valence-electron chi connectivity index (χ0n) is 15.6. The Hall–Kier alpha value is -3.43. The summed E-state index contributed by atoms with van der Waals surface area (Å²) < 4.78 is 11.3. The Morgan fingerprint density at radius 3 is 2.57 bits per heavy atom. The second kappa shape index (κ2) is 8.13. The number of amides is 1. The first-order valence-corrected chi connectivity index (χ1v) is 9.96. The van der Waals surface area contributed by atoms with Crippen molar-refractivity contribution in [2.75, 3.05) is 12.0 Å². The highest BCUT2D eigenvalue weighted by Gasteiger charge is 2.33. The summed E-state index contributed by atoms with van der Waals surface area (Å²) in [7, 11) is 1.57. The predicted octanol–water partition coefficient (Wildman–Crippen LogP) is 5.27. The van der Waals surface area contributed by atoms with Crippen molar-refractivity contribution in [1.82, 2.24) is 0 Å². The van der Waals surface area contributed by atoms with E-state index in [1.807, 2.05) is 0 Å². The molecule has 30 heavy (non-hydrogen) atoms. The minimum Gasteiger partial charge on any atom is -0.497 e. The van der Waals surface area contributed by atoms with Gasteiger partial charge in [0, 0.05) is 12.1 Å². The number of carbonyl (C=O) groups excluding carboxylic acids is 1. The average molecular weight is 438 g/mol. The van der Waals surface area contributed by atoms with Crippen LogP contribution in [-0.4, -0.2) is 22.3 Å². The van der Waals surface area contributed by atoms with Gasteiger partial charge in [0.25, 0.3) is 11.6 Å². The summed E-state index contributed by atoms with van der Waals surface area (Å²) in [5.41, 5.74) is 0.957. The van der Waals surface area contributed by atoms with E-state index in [2.05, 4.69) is 0 Å². The molecule has 0 bridgehead atoms. The molecule has 1 aromatic heterocycles. The quantitative estimate of drug-likeness (QED) is 0.232. The number of hydrogen-bond donors (Lipinski definition) is 0. The molecule has 3 aromatic rings. The lowest BCUT2D eigenvalue weighted by molar-refractivity contribution is -0.384. The molecule has 2 aromatic carbocycles. The van der Waals surface area contributed by atoms with E-state index in [1.54, 1.807) is 67.8 Å². The molecule has 1 aliphatic rings. The molecule has 0 radical (unpaired) electrons. The van der Waals surface area contributed by atoms with Crippen LogP contribution >= 0.6 is 24.0 Å². The topological polar surface area (TPSA) is 85.8 Å². The molecule has 1 saturated heterocycles. The van der Waals surface area contributed by atoms with Crippen LogP contribution in [-0.2, 0) is 4.79 Å². The van der Waals surface area contributed by atoms with Crippen LogP contribution in [0.15, 0.2) is 70.0 Å². The molecule has 0 saturated carbocycles. The monoisotopic (exact) mass is 438 g/mol. The van der Waals surface area contributed by atoms with Crippen LogP contribution in [0.3, 0.4) is 0 Å². The number of para-hydroxylation sites is 1. The number of thiocarbonyl (C=S) groups is 1. The molecule has 1 aliphatic heterocycles. The van der Waals surface area contributed by atoms with E-state index >= 15 is 0 Å². The van der Waals surface area contributed by atoms with Gasteiger partial charge in [-0.2, -0.15) is 0 Å². The number of anilines is 1. The summed E-state index contributed by atoms with van der Waals surface area (Å²) in [6.45, 7) is 0. The van der Waals surface area contributed by atoms with Gasteiger partial charge in [-0.1, -0.05) is 36.1 Å². The number of rotatable bonds is 5. The van der Waals surface area contributed by atoms with E-state index in [1.165, 1.54) is 11.0 Å². The molecule has 4 rings (SSSR count). The minimum atomic E-state index is -0.461. The third kappa shape index (κ3) is 3.72. The first-order chi connectivity index (χ1) is 14.5. The highest BCUT2D eigenvalue weighted by molar-refractivity contribution is 8.27. The van der Waals surface area contributed by atoms with Gasteiger partial charge in [-0.05, 0) is 42.5 Å². The molecule has 9 heteroatoms. The molecule has 2 heterocycles. The number of hydrogen-bond acceptors (Lipinski definition) is 7. The SMILES string of the molecule is COc1ccc(N2C(=O)/C(=C/c3ccc(-c4ccccc4[N+](=O)[O-])o3)SC2=S)cc1. The van der Waals surface area contributed by atoms with Crippen molar-refractivity contribution in [3.8, 4) is 17.1 Å². The summed E-state index contributed by atoms with van der Waals surface area (Å²) in [6.07, 6.45) is 1.58. The van der Waals surface area contributed by atoms with Gasteiger partial charge < -0.3 is 9.15 Å². The Labute approximate surface area is 181 Å². The largest absolute Gasteiger partial charge is 0.497 e. The highest BCUT2D eigenvalue weighted by Crippen LogP contribution is 2.37. The van der Waals surface area contributed by atoms with Crippen LogP contribution in [0.4, 0.5) is 11.4 Å². The lowest BCUT2D eigenvalue weighted by Crippen LogP contribution is -2.27. The van der Waals surface area contributed by atoms with Gasteiger partial charge in [-0.25, -0.2) is 0 Å². The van der Waals surface area contributed by atoms with Crippen LogP contribution in [0.2, 0.25) is 0 Å². The molecule has 150 valence electrons. The van der Waals surface area contributed by atoms with Crippen molar-refractivity contribution in [3.63, 3.8) is 0 Å². The fourth-order valence-corrected chi connectivity index (χ4v) is 4.25. The van der Waals surface area contributed by atoms with Crippen molar-refractivity contribution in [3.05, 3.63) is 81.4 Å². The Morgan fingerprint density at radius 1 is 1.13 bits per heavy atom. The first-order valence-electron chi connectivity index (χ1n) is 8.73. The maximum atomic E-state index is 12.9. The van der Waals surface area contributed by atoms with Crippen molar-refractivity contribution in [2.45, 2.75) is 0 Å². The van der Waals surface area contributed by atoms with Crippen LogP contribution < -0.4 is 9.64 Å². The molecular weight excluding hydrogens is 424 g/mol. The van der Waals surface area contributed by atoms with E-state index in [-0.39, 0.29) is 11.6 Å². The van der Waals surface area contributed by atoms with E-state index in [4.69, 9.17) is 21.4 Å². The van der Waals surface area contributed by atoms with Crippen molar-refractivity contribution < 1.29 is 18.9 Å². The second-order valence-electron chi connectivity index (χ2n) is 6.19. The van der Waals surface area contributed by atoms with E-state index in [0.717, 1.165) is 11.8 Å². The van der Waals surface area contributed by atoms with Crippen LogP contribution in [0, 0.1) is 10.1 Å². The number of nitro groups is 1. The number of nitro benzene ring substituents is 1. The minimum absolute atomic E-state index is 0.0516. The van der Waals surface area contributed by atoms with Gasteiger partial charge in [-0.15, -0.1) is 0 Å². The molecular formula is C21H14N2O5S2. The number of furan rings is 1. The molecule has 7 nitrogen and oxygen atoms in total. The molecule has 1 fully saturated rings. The van der Waals surface area contributed by atoms with E-state index in [9.17, 15) is 14.9 Å². The summed E-state index contributed by atoms with van der Waals surface area (Å²) in [4.78, 5) is 25.5. The van der Waals surface area contributed by atoms with Gasteiger partial charge >= 0.3 is 0 Å². The lowest BCUT2D eigenvalue weighted by Gasteiger charge is -2.14. The number of ether oxygens (including phenoxy) is 1. The van der Waals surface area contributed by atoms with Gasteiger partial charge in [0.1, 0.15) is 17.3 Å². The van der Waals surface area contributed by atoms with Crippen LogP contribution in [0.5, 0.6) is 5.75 Å². The second-order valence-corrected chi connectivity index (χ2v) is 7.87. The van der Waals surface area contributed by atoms with Crippen molar-refractivity contribution in [1.29, 1.82) is 0 Å².